The first-order valence-corrected chi connectivity index (χ1v) is 7.78. The Bertz CT molecular complexity index is 722. The zero-order valence-electron chi connectivity index (χ0n) is 12.2. The minimum atomic E-state index is -0.194. The van der Waals surface area contributed by atoms with Crippen molar-refractivity contribution in [2.75, 3.05) is 0 Å². The number of aryl methyl sites for hydroxylation is 1. The molecule has 1 aromatic heterocycles. The maximum Gasteiger partial charge on any atom is 0.254 e. The molecule has 1 aliphatic heterocycles. The van der Waals surface area contributed by atoms with Crippen molar-refractivity contribution >= 4 is 18.0 Å². The zero-order chi connectivity index (χ0) is 15.1. The van der Waals surface area contributed by atoms with Crippen LogP contribution in [0.4, 0.5) is 0 Å². The van der Waals surface area contributed by atoms with E-state index in [-0.39, 0.29) is 40.9 Å². The molecule has 5 heteroatoms. The maximum absolute atomic E-state index is 12.7. The number of imide groups is 1. The predicted molar refractivity (Wildman–Crippen MR) is 77.7 cm³/mol. The summed E-state index contributed by atoms with van der Waals surface area (Å²) in [6.07, 6.45) is 8.07. The van der Waals surface area contributed by atoms with E-state index in [0.717, 1.165) is 23.6 Å². The monoisotopic (exact) mass is 296 g/mol. The van der Waals surface area contributed by atoms with Crippen molar-refractivity contribution in [3.63, 3.8) is 0 Å². The standard InChI is InChI=1S/C17H16N2O3/c1-9-2-3-10(22-9)8-18-19-15(20)13-11-4-5-12(14(13)16(19)21)17(11)6-7-17/h2-5,8,11-14H,6-7H2,1H3/b18-8-/t11-,12-,13-,14+/m1/s1. The van der Waals surface area contributed by atoms with Crippen LogP contribution < -0.4 is 0 Å². The number of hydrazone groups is 1. The third kappa shape index (κ3) is 1.32. The van der Waals surface area contributed by atoms with E-state index in [0.29, 0.717) is 5.76 Å². The Labute approximate surface area is 127 Å². The van der Waals surface area contributed by atoms with E-state index in [1.807, 2.05) is 13.0 Å². The summed E-state index contributed by atoms with van der Waals surface area (Å²) in [6, 6.07) is 3.60. The molecule has 112 valence electrons. The molecule has 0 aromatic carbocycles. The van der Waals surface area contributed by atoms with E-state index in [1.165, 1.54) is 6.21 Å². The van der Waals surface area contributed by atoms with Crippen molar-refractivity contribution in [1.82, 2.24) is 5.01 Å². The molecule has 2 saturated carbocycles. The van der Waals surface area contributed by atoms with Crippen LogP contribution in [0.15, 0.2) is 33.8 Å². The van der Waals surface area contributed by atoms with Crippen LogP contribution in [0.2, 0.25) is 0 Å². The molecule has 2 bridgehead atoms. The van der Waals surface area contributed by atoms with Crippen molar-refractivity contribution in [2.24, 2.45) is 34.2 Å². The highest BCUT2D eigenvalue weighted by atomic mass is 16.3. The Balaban J connectivity index is 1.45. The molecule has 1 saturated heterocycles. The van der Waals surface area contributed by atoms with Gasteiger partial charge in [0, 0.05) is 0 Å². The molecule has 3 aliphatic carbocycles. The van der Waals surface area contributed by atoms with Gasteiger partial charge in [0.05, 0.1) is 18.1 Å². The summed E-state index contributed by atoms with van der Waals surface area (Å²) in [4.78, 5) is 25.3. The molecule has 0 unspecified atom stereocenters. The molecule has 0 N–H and O–H groups in total. The summed E-state index contributed by atoms with van der Waals surface area (Å²) in [7, 11) is 0. The van der Waals surface area contributed by atoms with Crippen LogP contribution in [0.25, 0.3) is 0 Å². The molecule has 22 heavy (non-hydrogen) atoms. The number of allylic oxidation sites excluding steroid dienone is 2. The largest absolute Gasteiger partial charge is 0.460 e. The van der Waals surface area contributed by atoms with E-state index in [4.69, 9.17) is 4.42 Å². The van der Waals surface area contributed by atoms with Crippen molar-refractivity contribution in [3.8, 4) is 0 Å². The maximum atomic E-state index is 12.7. The topological polar surface area (TPSA) is 62.9 Å². The van der Waals surface area contributed by atoms with Crippen LogP contribution in [0.3, 0.4) is 0 Å². The lowest BCUT2D eigenvalue weighted by Crippen LogP contribution is -2.30. The van der Waals surface area contributed by atoms with E-state index in [2.05, 4.69) is 17.3 Å². The summed E-state index contributed by atoms with van der Waals surface area (Å²) in [5, 5.41) is 5.17. The molecule has 1 aromatic rings. The molecule has 2 heterocycles. The van der Waals surface area contributed by atoms with E-state index in [9.17, 15) is 9.59 Å². The smallest absolute Gasteiger partial charge is 0.254 e. The summed E-state index contributed by atoms with van der Waals surface area (Å²) >= 11 is 0. The highest BCUT2D eigenvalue weighted by Gasteiger charge is 2.73. The number of nitrogens with zero attached hydrogens (tertiary/aromatic N) is 2. The second-order valence-electron chi connectivity index (χ2n) is 6.90. The molecule has 5 rings (SSSR count). The van der Waals surface area contributed by atoms with Crippen LogP contribution >= 0.6 is 0 Å². The molecule has 1 spiro atoms. The first-order valence-electron chi connectivity index (χ1n) is 7.78. The third-order valence-electron chi connectivity index (χ3n) is 5.89. The normalized spacial score (nSPS) is 37.0. The number of carbonyl (C=O) groups is 2. The fourth-order valence-corrected chi connectivity index (χ4v) is 4.81. The van der Waals surface area contributed by atoms with Gasteiger partial charge in [-0.25, -0.2) is 0 Å². The first kappa shape index (κ1) is 12.4. The third-order valence-corrected chi connectivity index (χ3v) is 5.89. The van der Waals surface area contributed by atoms with E-state index < -0.39 is 0 Å². The molecule has 4 aliphatic rings. The number of amides is 2. The molecule has 5 nitrogen and oxygen atoms in total. The van der Waals surface area contributed by atoms with Crippen molar-refractivity contribution in [2.45, 2.75) is 19.8 Å². The lowest BCUT2D eigenvalue weighted by Gasteiger charge is -2.18. The number of fused-ring (bicyclic) bond motifs is 3. The molecule has 3 fully saturated rings. The van der Waals surface area contributed by atoms with Gasteiger partial charge in [-0.1, -0.05) is 12.2 Å². The van der Waals surface area contributed by atoms with Crippen molar-refractivity contribution in [3.05, 3.63) is 35.8 Å². The molecule has 4 atom stereocenters. The molecule has 0 radical (unpaired) electrons. The van der Waals surface area contributed by atoms with Gasteiger partial charge in [0.1, 0.15) is 11.5 Å². The number of carbonyl (C=O) groups excluding carboxylic acids is 2. The fraction of sp³-hybridized carbons (Fsp3) is 0.471. The van der Waals surface area contributed by atoms with Crippen molar-refractivity contribution < 1.29 is 14.0 Å². The number of furan rings is 1. The second-order valence-corrected chi connectivity index (χ2v) is 6.90. The van der Waals surface area contributed by atoms with Crippen molar-refractivity contribution in [1.29, 1.82) is 0 Å². The number of hydrogen-bond donors (Lipinski definition) is 0. The van der Waals surface area contributed by atoms with Crippen LogP contribution in [0.5, 0.6) is 0 Å². The summed E-state index contributed by atoms with van der Waals surface area (Å²) in [6.45, 7) is 1.84. The number of rotatable bonds is 2. The van der Waals surface area contributed by atoms with Gasteiger partial charge in [-0.3, -0.25) is 9.59 Å². The van der Waals surface area contributed by atoms with Gasteiger partial charge in [0.25, 0.3) is 11.8 Å². The highest BCUT2D eigenvalue weighted by molar-refractivity contribution is 6.07. The van der Waals surface area contributed by atoms with Gasteiger partial charge in [0.15, 0.2) is 0 Å². The van der Waals surface area contributed by atoms with Gasteiger partial charge >= 0.3 is 0 Å². The summed E-state index contributed by atoms with van der Waals surface area (Å²) < 4.78 is 5.39. The fourth-order valence-electron chi connectivity index (χ4n) is 4.81. The minimum absolute atomic E-state index is 0.141. The van der Waals surface area contributed by atoms with Gasteiger partial charge < -0.3 is 4.42 Å². The highest BCUT2D eigenvalue weighted by Crippen LogP contribution is 2.73. The molecule has 2 amide bonds. The van der Waals surface area contributed by atoms with Crippen LogP contribution in [0, 0.1) is 36.0 Å². The molecular weight excluding hydrogens is 280 g/mol. The van der Waals surface area contributed by atoms with Gasteiger partial charge in [-0.15, -0.1) is 0 Å². The Morgan fingerprint density at radius 3 is 2.32 bits per heavy atom. The van der Waals surface area contributed by atoms with Gasteiger partial charge in [-0.05, 0) is 49.1 Å². The average molecular weight is 296 g/mol. The SMILES string of the molecule is Cc1ccc(/C=N\N2C(=O)[C@@H]3[C@H](C2=O)[C@H]2C=C[C@H]3C23CC3)o1. The Hall–Kier alpha value is -2.17. The van der Waals surface area contributed by atoms with Crippen LogP contribution in [-0.4, -0.2) is 23.0 Å². The average Bonchev–Trinajstić information content (AvgIpc) is 2.87. The first-order chi connectivity index (χ1) is 10.6. The van der Waals surface area contributed by atoms with Gasteiger partial charge in [0.2, 0.25) is 0 Å². The Morgan fingerprint density at radius 1 is 1.18 bits per heavy atom. The lowest BCUT2D eigenvalue weighted by molar-refractivity contribution is -0.141. The minimum Gasteiger partial charge on any atom is -0.460 e. The second kappa shape index (κ2) is 3.77. The summed E-state index contributed by atoms with van der Waals surface area (Å²) in [5.74, 6) is 1.14. The van der Waals surface area contributed by atoms with E-state index >= 15 is 0 Å². The zero-order valence-corrected chi connectivity index (χ0v) is 12.2. The van der Waals surface area contributed by atoms with E-state index in [1.54, 1.807) is 6.07 Å². The quantitative estimate of drug-likeness (QED) is 0.477. The number of hydrogen-bond acceptors (Lipinski definition) is 4. The van der Waals surface area contributed by atoms with Crippen LogP contribution in [-0.2, 0) is 9.59 Å². The lowest BCUT2D eigenvalue weighted by atomic mass is 9.85. The predicted octanol–water partition coefficient (Wildman–Crippen LogP) is 2.12. The van der Waals surface area contributed by atoms with Crippen LogP contribution in [0.1, 0.15) is 24.4 Å². The van der Waals surface area contributed by atoms with Gasteiger partial charge in [-0.2, -0.15) is 10.1 Å². The molecular formula is C17H16N2O3. The Kier molecular flexibility index (Phi) is 2.12. The summed E-state index contributed by atoms with van der Waals surface area (Å²) in [5.41, 5.74) is 0.231. The Morgan fingerprint density at radius 2 is 1.82 bits per heavy atom.